The number of likely N-dealkylation sites (N-methyl/N-ethyl adjacent to an activating group) is 1. The van der Waals surface area contributed by atoms with Crippen molar-refractivity contribution in [3.8, 4) is 0 Å². The van der Waals surface area contributed by atoms with Crippen LogP contribution in [0.3, 0.4) is 0 Å². The van der Waals surface area contributed by atoms with Gasteiger partial charge in [0, 0.05) is 17.2 Å². The second-order valence-electron chi connectivity index (χ2n) is 5.30. The monoisotopic (exact) mass is 253 g/mol. The first-order valence-corrected chi connectivity index (χ1v) is 6.98. The van der Waals surface area contributed by atoms with Crippen molar-refractivity contribution >= 4 is 11.8 Å². The summed E-state index contributed by atoms with van der Waals surface area (Å²) < 4.78 is 0. The molecule has 17 heavy (non-hydrogen) atoms. The van der Waals surface area contributed by atoms with Crippen LogP contribution in [0.25, 0.3) is 0 Å². The fourth-order valence-electron chi connectivity index (χ4n) is 1.54. The van der Waals surface area contributed by atoms with Crippen LogP contribution in [-0.4, -0.2) is 30.6 Å². The van der Waals surface area contributed by atoms with Gasteiger partial charge in [-0.1, -0.05) is 32.9 Å². The Morgan fingerprint density at radius 3 is 2.29 bits per heavy atom. The minimum atomic E-state index is -0.285. The van der Waals surface area contributed by atoms with Crippen molar-refractivity contribution in [3.63, 3.8) is 0 Å². The van der Waals surface area contributed by atoms with E-state index < -0.39 is 0 Å². The third kappa shape index (κ3) is 5.11. The molecule has 1 aromatic rings. The van der Waals surface area contributed by atoms with E-state index in [4.69, 9.17) is 0 Å². The lowest BCUT2D eigenvalue weighted by atomic mass is 9.87. The Bertz CT molecular complexity index is 329. The van der Waals surface area contributed by atoms with Crippen LogP contribution in [0, 0.1) is 0 Å². The number of aliphatic hydroxyl groups excluding tert-OH is 1. The molecule has 1 unspecified atom stereocenters. The summed E-state index contributed by atoms with van der Waals surface area (Å²) in [5.41, 5.74) is 1.55. The molecule has 1 rings (SSSR count). The average Bonchev–Trinajstić information content (AvgIpc) is 2.26. The van der Waals surface area contributed by atoms with E-state index >= 15 is 0 Å². The maximum Gasteiger partial charge on any atom is 0.0758 e. The van der Waals surface area contributed by atoms with Gasteiger partial charge in [-0.2, -0.15) is 0 Å². The molecule has 0 saturated heterocycles. The Kier molecular flexibility index (Phi) is 5.50. The smallest absolute Gasteiger partial charge is 0.0758 e. The topological polar surface area (TPSA) is 32.3 Å². The molecular weight excluding hydrogens is 230 g/mol. The molecule has 1 atom stereocenters. The number of nitrogens with one attached hydrogen (secondary N) is 1. The van der Waals surface area contributed by atoms with Crippen molar-refractivity contribution in [1.82, 2.24) is 5.32 Å². The van der Waals surface area contributed by atoms with Gasteiger partial charge < -0.3 is 10.4 Å². The van der Waals surface area contributed by atoms with Gasteiger partial charge in [0.25, 0.3) is 0 Å². The zero-order chi connectivity index (χ0) is 12.9. The summed E-state index contributed by atoms with van der Waals surface area (Å²) in [6, 6.07) is 8.62. The largest absolute Gasteiger partial charge is 0.391 e. The first kappa shape index (κ1) is 14.6. The van der Waals surface area contributed by atoms with E-state index in [1.165, 1.54) is 10.5 Å². The summed E-state index contributed by atoms with van der Waals surface area (Å²) >= 11 is 1.70. The van der Waals surface area contributed by atoms with Gasteiger partial charge in [0.2, 0.25) is 0 Å². The number of hydrogen-bond donors (Lipinski definition) is 2. The number of benzene rings is 1. The molecule has 0 aliphatic rings. The minimum Gasteiger partial charge on any atom is -0.391 e. The van der Waals surface area contributed by atoms with E-state index in [0.717, 1.165) is 5.75 Å². The van der Waals surface area contributed by atoms with Crippen molar-refractivity contribution in [1.29, 1.82) is 0 Å². The molecule has 0 spiro atoms. The van der Waals surface area contributed by atoms with Crippen molar-refractivity contribution in [3.05, 3.63) is 29.8 Å². The highest BCUT2D eigenvalue weighted by atomic mass is 32.2. The molecule has 2 N–H and O–H groups in total. The number of aliphatic hydroxyl groups is 1. The summed E-state index contributed by atoms with van der Waals surface area (Å²) in [5, 5.41) is 12.6. The molecule has 0 aromatic heterocycles. The van der Waals surface area contributed by atoms with Gasteiger partial charge >= 0.3 is 0 Å². The zero-order valence-electron chi connectivity index (χ0n) is 11.2. The normalized spacial score (nSPS) is 13.7. The predicted octanol–water partition coefficient (Wildman–Crippen LogP) is 2.66. The van der Waals surface area contributed by atoms with Crippen molar-refractivity contribution in [2.45, 2.75) is 37.2 Å². The number of rotatable bonds is 5. The lowest BCUT2D eigenvalue weighted by Gasteiger charge is -2.19. The summed E-state index contributed by atoms with van der Waals surface area (Å²) in [5.74, 6) is 0.732. The molecule has 0 saturated carbocycles. The second kappa shape index (κ2) is 6.43. The Labute approximate surface area is 109 Å². The number of thioether (sulfide) groups is 1. The van der Waals surface area contributed by atoms with Gasteiger partial charge in [-0.15, -0.1) is 11.8 Å². The van der Waals surface area contributed by atoms with Crippen LogP contribution in [-0.2, 0) is 5.41 Å². The van der Waals surface area contributed by atoms with Gasteiger partial charge in [-0.3, -0.25) is 0 Å². The second-order valence-corrected chi connectivity index (χ2v) is 6.39. The van der Waals surface area contributed by atoms with Crippen molar-refractivity contribution in [2.75, 3.05) is 19.3 Å². The fraction of sp³-hybridized carbons (Fsp3) is 0.571. The van der Waals surface area contributed by atoms with Gasteiger partial charge in [-0.05, 0) is 30.2 Å². The standard InChI is InChI=1S/C14H23NOS/c1-14(2,3)11-5-7-13(8-6-11)17-10-12(16)9-15-4/h5-8,12,15-16H,9-10H2,1-4H3. The van der Waals surface area contributed by atoms with Crippen LogP contribution in [0.1, 0.15) is 26.3 Å². The molecule has 0 aliphatic heterocycles. The lowest BCUT2D eigenvalue weighted by molar-refractivity contribution is 0.199. The Morgan fingerprint density at radius 2 is 1.82 bits per heavy atom. The van der Waals surface area contributed by atoms with Gasteiger partial charge in [0.05, 0.1) is 6.10 Å². The van der Waals surface area contributed by atoms with E-state index in [0.29, 0.717) is 6.54 Å². The molecule has 0 radical (unpaired) electrons. The molecular formula is C14H23NOS. The van der Waals surface area contributed by atoms with E-state index in [-0.39, 0.29) is 11.5 Å². The predicted molar refractivity (Wildman–Crippen MR) is 75.8 cm³/mol. The van der Waals surface area contributed by atoms with Crippen LogP contribution < -0.4 is 5.32 Å². The third-order valence-corrected chi connectivity index (χ3v) is 3.76. The van der Waals surface area contributed by atoms with Crippen LogP contribution >= 0.6 is 11.8 Å². The average molecular weight is 253 g/mol. The lowest BCUT2D eigenvalue weighted by Crippen LogP contribution is -2.25. The maximum absolute atomic E-state index is 9.61. The van der Waals surface area contributed by atoms with Crippen LogP contribution in [0.5, 0.6) is 0 Å². The SMILES string of the molecule is CNCC(O)CSc1ccc(C(C)(C)C)cc1. The summed E-state index contributed by atoms with van der Waals surface area (Å²) in [7, 11) is 1.85. The van der Waals surface area contributed by atoms with E-state index in [1.807, 2.05) is 7.05 Å². The Balaban J connectivity index is 2.51. The van der Waals surface area contributed by atoms with E-state index in [2.05, 4.69) is 50.4 Å². The van der Waals surface area contributed by atoms with Gasteiger partial charge in [0.1, 0.15) is 0 Å². The Hall–Kier alpha value is -0.510. The highest BCUT2D eigenvalue weighted by Gasteiger charge is 2.13. The van der Waals surface area contributed by atoms with Crippen molar-refractivity contribution < 1.29 is 5.11 Å². The first-order chi connectivity index (χ1) is 7.93. The summed E-state index contributed by atoms with van der Waals surface area (Å²) in [6.45, 7) is 7.29. The van der Waals surface area contributed by atoms with Crippen LogP contribution in [0.4, 0.5) is 0 Å². The number of hydrogen-bond acceptors (Lipinski definition) is 3. The van der Waals surface area contributed by atoms with Gasteiger partial charge in [-0.25, -0.2) is 0 Å². The first-order valence-electron chi connectivity index (χ1n) is 5.99. The highest BCUT2D eigenvalue weighted by molar-refractivity contribution is 7.99. The van der Waals surface area contributed by atoms with Crippen molar-refractivity contribution in [2.24, 2.45) is 0 Å². The Morgan fingerprint density at radius 1 is 1.24 bits per heavy atom. The molecule has 0 fully saturated rings. The van der Waals surface area contributed by atoms with E-state index in [1.54, 1.807) is 11.8 Å². The van der Waals surface area contributed by atoms with E-state index in [9.17, 15) is 5.11 Å². The zero-order valence-corrected chi connectivity index (χ0v) is 12.0. The molecule has 1 aromatic carbocycles. The summed E-state index contributed by atoms with van der Waals surface area (Å²) in [4.78, 5) is 1.22. The molecule has 0 heterocycles. The highest BCUT2D eigenvalue weighted by Crippen LogP contribution is 2.25. The molecule has 3 heteroatoms. The van der Waals surface area contributed by atoms with Crippen LogP contribution in [0.2, 0.25) is 0 Å². The molecule has 0 amide bonds. The molecule has 2 nitrogen and oxygen atoms in total. The van der Waals surface area contributed by atoms with Gasteiger partial charge in [0.15, 0.2) is 0 Å². The minimum absolute atomic E-state index is 0.203. The van der Waals surface area contributed by atoms with Crippen LogP contribution in [0.15, 0.2) is 29.2 Å². The molecule has 96 valence electrons. The maximum atomic E-state index is 9.61. The quantitative estimate of drug-likeness (QED) is 0.791. The summed E-state index contributed by atoms with van der Waals surface area (Å²) in [6.07, 6.45) is -0.285. The molecule has 0 aliphatic carbocycles. The molecule has 0 bridgehead atoms. The fourth-order valence-corrected chi connectivity index (χ4v) is 2.37. The third-order valence-electron chi connectivity index (χ3n) is 2.60.